The van der Waals surface area contributed by atoms with Crippen molar-refractivity contribution in [3.05, 3.63) is 56.5 Å². The molecule has 2 amide bonds. The molecule has 2 rings (SSSR count). The maximum atomic E-state index is 11.8. The van der Waals surface area contributed by atoms with Gasteiger partial charge in [0.1, 0.15) is 11.5 Å². The number of aryl methyl sites for hydroxylation is 2. The summed E-state index contributed by atoms with van der Waals surface area (Å²) in [6.07, 6.45) is 0. The zero-order valence-corrected chi connectivity index (χ0v) is 18.9. The molecular weight excluding hydrogens is 492 g/mol. The van der Waals surface area contributed by atoms with Crippen LogP contribution < -0.4 is 20.1 Å². The third-order valence-corrected chi connectivity index (χ3v) is 4.90. The summed E-state index contributed by atoms with van der Waals surface area (Å²) < 4.78 is 12.5. The maximum Gasteiger partial charge on any atom is 0.258 e. The first-order valence-corrected chi connectivity index (χ1v) is 10.2. The van der Waals surface area contributed by atoms with E-state index in [-0.39, 0.29) is 25.0 Å². The number of ether oxygens (including phenoxy) is 2. The van der Waals surface area contributed by atoms with Crippen molar-refractivity contribution >= 4 is 43.7 Å². The van der Waals surface area contributed by atoms with E-state index in [9.17, 15) is 9.59 Å². The van der Waals surface area contributed by atoms with Crippen molar-refractivity contribution in [2.75, 3.05) is 26.3 Å². The van der Waals surface area contributed by atoms with Crippen LogP contribution in [0.3, 0.4) is 0 Å². The standard InChI is InChI=1S/C20H22Br2N2O4/c1-13-3-5-17(15(21)9-13)27-11-19(25)23-7-8-24-20(26)12-28-18-6-4-14(2)10-16(18)22/h3-6,9-10H,7-8,11-12H2,1-2H3,(H,23,25)(H,24,26). The highest BCUT2D eigenvalue weighted by molar-refractivity contribution is 9.10. The van der Waals surface area contributed by atoms with Crippen LogP contribution in [0.1, 0.15) is 11.1 Å². The Balaban J connectivity index is 1.61. The Morgan fingerprint density at radius 3 is 1.54 bits per heavy atom. The van der Waals surface area contributed by atoms with Crippen LogP contribution in [0.2, 0.25) is 0 Å². The number of nitrogens with one attached hydrogen (secondary N) is 2. The quantitative estimate of drug-likeness (QED) is 0.503. The predicted molar refractivity (Wildman–Crippen MR) is 115 cm³/mol. The summed E-state index contributed by atoms with van der Waals surface area (Å²) in [6, 6.07) is 11.3. The fourth-order valence-electron chi connectivity index (χ4n) is 2.24. The van der Waals surface area contributed by atoms with Crippen molar-refractivity contribution in [1.29, 1.82) is 0 Å². The van der Waals surface area contributed by atoms with Crippen molar-refractivity contribution in [2.24, 2.45) is 0 Å². The van der Waals surface area contributed by atoms with Gasteiger partial charge in [-0.2, -0.15) is 0 Å². The number of amides is 2. The molecule has 2 aromatic rings. The van der Waals surface area contributed by atoms with Gasteiger partial charge < -0.3 is 20.1 Å². The highest BCUT2D eigenvalue weighted by atomic mass is 79.9. The Morgan fingerprint density at radius 1 is 0.786 bits per heavy atom. The van der Waals surface area contributed by atoms with E-state index < -0.39 is 0 Å². The maximum absolute atomic E-state index is 11.8. The first-order chi connectivity index (χ1) is 13.3. The minimum atomic E-state index is -0.262. The largest absolute Gasteiger partial charge is 0.483 e. The van der Waals surface area contributed by atoms with E-state index >= 15 is 0 Å². The van der Waals surface area contributed by atoms with Crippen molar-refractivity contribution in [3.8, 4) is 11.5 Å². The van der Waals surface area contributed by atoms with Crippen LogP contribution in [0.15, 0.2) is 45.3 Å². The fourth-order valence-corrected chi connectivity index (χ4v) is 3.45. The van der Waals surface area contributed by atoms with E-state index in [4.69, 9.17) is 9.47 Å². The molecular formula is C20H22Br2N2O4. The second kappa shape index (κ2) is 11.1. The van der Waals surface area contributed by atoms with Gasteiger partial charge in [0.15, 0.2) is 13.2 Å². The average molecular weight is 514 g/mol. The van der Waals surface area contributed by atoms with E-state index in [0.717, 1.165) is 20.1 Å². The van der Waals surface area contributed by atoms with Gasteiger partial charge in [-0.1, -0.05) is 12.1 Å². The monoisotopic (exact) mass is 512 g/mol. The molecule has 0 radical (unpaired) electrons. The normalized spacial score (nSPS) is 10.3. The summed E-state index contributed by atoms with van der Waals surface area (Å²) in [5, 5.41) is 5.37. The highest BCUT2D eigenvalue weighted by Crippen LogP contribution is 2.26. The van der Waals surface area contributed by atoms with Crippen LogP contribution in [0.25, 0.3) is 0 Å². The van der Waals surface area contributed by atoms with E-state index in [1.54, 1.807) is 12.1 Å². The summed E-state index contributed by atoms with van der Waals surface area (Å²) in [5.41, 5.74) is 2.19. The Kier molecular flexibility index (Phi) is 8.79. The average Bonchev–Trinajstić information content (AvgIpc) is 2.64. The van der Waals surface area contributed by atoms with E-state index in [0.29, 0.717) is 24.6 Å². The molecule has 0 spiro atoms. The molecule has 0 unspecified atom stereocenters. The number of hydrogen-bond acceptors (Lipinski definition) is 4. The summed E-state index contributed by atoms with van der Waals surface area (Å²) >= 11 is 6.79. The molecule has 0 saturated carbocycles. The molecule has 0 atom stereocenters. The molecule has 0 heterocycles. The lowest BCUT2D eigenvalue weighted by Gasteiger charge is -2.11. The summed E-state index contributed by atoms with van der Waals surface area (Å²) in [5.74, 6) is 0.685. The lowest BCUT2D eigenvalue weighted by atomic mass is 10.2. The SMILES string of the molecule is Cc1ccc(OCC(=O)NCCNC(=O)COc2ccc(C)cc2Br)c(Br)c1. The van der Waals surface area contributed by atoms with Crippen molar-refractivity contribution in [1.82, 2.24) is 10.6 Å². The van der Waals surface area contributed by atoms with Gasteiger partial charge in [0.2, 0.25) is 0 Å². The molecule has 0 fully saturated rings. The Hall–Kier alpha value is -2.06. The molecule has 150 valence electrons. The van der Waals surface area contributed by atoms with Gasteiger partial charge in [-0.3, -0.25) is 9.59 Å². The number of rotatable bonds is 9. The van der Waals surface area contributed by atoms with Crippen molar-refractivity contribution < 1.29 is 19.1 Å². The molecule has 0 aliphatic heterocycles. The van der Waals surface area contributed by atoms with Gasteiger partial charge in [0, 0.05) is 13.1 Å². The van der Waals surface area contributed by atoms with E-state index in [2.05, 4.69) is 42.5 Å². The number of carbonyl (C=O) groups is 2. The summed E-state index contributed by atoms with van der Waals surface area (Å²) in [7, 11) is 0. The molecule has 28 heavy (non-hydrogen) atoms. The number of carbonyl (C=O) groups excluding carboxylic acids is 2. The number of hydrogen-bond donors (Lipinski definition) is 2. The zero-order chi connectivity index (χ0) is 20.5. The van der Waals surface area contributed by atoms with Gasteiger partial charge >= 0.3 is 0 Å². The topological polar surface area (TPSA) is 76.7 Å². The van der Waals surface area contributed by atoms with Crippen molar-refractivity contribution in [3.63, 3.8) is 0 Å². The number of halogens is 2. The van der Waals surface area contributed by atoms with E-state index in [1.807, 2.05) is 38.1 Å². The van der Waals surface area contributed by atoms with Crippen LogP contribution in [-0.4, -0.2) is 38.1 Å². The minimum absolute atomic E-state index is 0.0971. The second-order valence-corrected chi connectivity index (χ2v) is 7.85. The predicted octanol–water partition coefficient (Wildman–Crippen LogP) is 3.52. The molecule has 0 aliphatic rings. The van der Waals surface area contributed by atoms with Crippen LogP contribution in [0.4, 0.5) is 0 Å². The number of benzene rings is 2. The first kappa shape index (κ1) is 22.2. The van der Waals surface area contributed by atoms with Crippen LogP contribution >= 0.6 is 31.9 Å². The van der Waals surface area contributed by atoms with Gasteiger partial charge in [0.05, 0.1) is 8.95 Å². The molecule has 0 bridgehead atoms. The third-order valence-electron chi connectivity index (χ3n) is 3.66. The van der Waals surface area contributed by atoms with Crippen molar-refractivity contribution in [2.45, 2.75) is 13.8 Å². The highest BCUT2D eigenvalue weighted by Gasteiger charge is 2.07. The zero-order valence-electron chi connectivity index (χ0n) is 15.7. The lowest BCUT2D eigenvalue weighted by Crippen LogP contribution is -2.38. The summed E-state index contributed by atoms with van der Waals surface area (Å²) in [6.45, 7) is 4.36. The molecule has 8 heteroatoms. The Morgan fingerprint density at radius 2 is 1.18 bits per heavy atom. The Labute approximate surface area is 181 Å². The van der Waals surface area contributed by atoms with E-state index in [1.165, 1.54) is 0 Å². The molecule has 0 aliphatic carbocycles. The van der Waals surface area contributed by atoms with Gasteiger partial charge in [-0.15, -0.1) is 0 Å². The van der Waals surface area contributed by atoms with Gasteiger partial charge in [-0.05, 0) is 81.1 Å². The second-order valence-electron chi connectivity index (χ2n) is 6.15. The minimum Gasteiger partial charge on any atom is -0.483 e. The Bertz CT molecular complexity index is 773. The first-order valence-electron chi connectivity index (χ1n) is 8.66. The fraction of sp³-hybridized carbons (Fsp3) is 0.300. The van der Waals surface area contributed by atoms with Gasteiger partial charge in [-0.25, -0.2) is 0 Å². The molecule has 2 N–H and O–H groups in total. The third kappa shape index (κ3) is 7.52. The molecule has 6 nitrogen and oxygen atoms in total. The smallest absolute Gasteiger partial charge is 0.258 e. The van der Waals surface area contributed by atoms with Crippen LogP contribution in [0.5, 0.6) is 11.5 Å². The molecule has 0 aromatic heterocycles. The molecule has 0 saturated heterocycles. The van der Waals surface area contributed by atoms with Crippen LogP contribution in [0, 0.1) is 13.8 Å². The lowest BCUT2D eigenvalue weighted by molar-refractivity contribution is -0.124. The summed E-state index contributed by atoms with van der Waals surface area (Å²) in [4.78, 5) is 23.6. The van der Waals surface area contributed by atoms with Gasteiger partial charge in [0.25, 0.3) is 11.8 Å². The van der Waals surface area contributed by atoms with Crippen LogP contribution in [-0.2, 0) is 9.59 Å². The molecule has 2 aromatic carbocycles.